The third-order valence-corrected chi connectivity index (χ3v) is 3.13. The van der Waals surface area contributed by atoms with Gasteiger partial charge >= 0.3 is 5.97 Å². The number of rotatable bonds is 8. The lowest BCUT2D eigenvalue weighted by molar-refractivity contribution is -0.137. The van der Waals surface area contributed by atoms with Crippen LogP contribution in [0.2, 0.25) is 0 Å². The predicted octanol–water partition coefficient (Wildman–Crippen LogP) is -1.04. The summed E-state index contributed by atoms with van der Waals surface area (Å²) < 4.78 is 1.39. The summed E-state index contributed by atoms with van der Waals surface area (Å²) in [7, 11) is 11.3. The van der Waals surface area contributed by atoms with Gasteiger partial charge in [-0.3, -0.25) is 9.59 Å². The summed E-state index contributed by atoms with van der Waals surface area (Å²) in [4.78, 5) is 22.3. The summed E-state index contributed by atoms with van der Waals surface area (Å²) in [6, 6.07) is 1.36. The van der Waals surface area contributed by atoms with Crippen molar-refractivity contribution in [2.45, 2.75) is 45.3 Å². The molecule has 2 N–H and O–H groups in total. The molecule has 0 atom stereocenters. The number of carbonyl (C=O) groups is 1. The van der Waals surface area contributed by atoms with E-state index < -0.39 is 5.97 Å². The molecule has 1 rings (SSSR count). The highest BCUT2D eigenvalue weighted by molar-refractivity contribution is 6.38. The fraction of sp³-hybridized carbons (Fsp3) is 0.538. The first-order valence-electron chi connectivity index (χ1n) is 6.57. The zero-order chi connectivity index (χ0) is 15.1. The van der Waals surface area contributed by atoms with Gasteiger partial charge in [-0.05, 0) is 18.3 Å². The van der Waals surface area contributed by atoms with E-state index in [1.807, 2.05) is 0 Å². The van der Waals surface area contributed by atoms with Crippen LogP contribution in [-0.4, -0.2) is 36.4 Å². The largest absolute Gasteiger partial charge is 0.481 e. The SMILES string of the molecule is [B]c1cc([B])c(=O)n(CCCCCCC(=O)O)c1CO. The minimum atomic E-state index is -0.799. The second kappa shape index (κ2) is 7.94. The molecular formula is C13H17B2NO4. The van der Waals surface area contributed by atoms with Crippen molar-refractivity contribution in [2.75, 3.05) is 0 Å². The zero-order valence-electron chi connectivity index (χ0n) is 11.3. The van der Waals surface area contributed by atoms with Crippen molar-refractivity contribution >= 4 is 32.6 Å². The number of unbranched alkanes of at least 4 members (excludes halogenated alkanes) is 3. The van der Waals surface area contributed by atoms with E-state index >= 15 is 0 Å². The fourth-order valence-corrected chi connectivity index (χ4v) is 2.06. The monoisotopic (exact) mass is 273 g/mol. The number of aliphatic hydroxyl groups excluding tert-OH is 1. The molecule has 0 fully saturated rings. The van der Waals surface area contributed by atoms with Gasteiger partial charge in [0.2, 0.25) is 5.56 Å². The number of carboxylic acids is 1. The second-order valence-electron chi connectivity index (χ2n) is 4.67. The lowest BCUT2D eigenvalue weighted by Gasteiger charge is -2.15. The number of hydrogen-bond donors (Lipinski definition) is 2. The Balaban J connectivity index is 2.59. The Hall–Kier alpha value is -1.49. The van der Waals surface area contributed by atoms with Gasteiger partial charge < -0.3 is 14.8 Å². The molecule has 0 aliphatic heterocycles. The fourth-order valence-electron chi connectivity index (χ4n) is 2.06. The van der Waals surface area contributed by atoms with Gasteiger partial charge in [0.15, 0.2) is 0 Å². The van der Waals surface area contributed by atoms with E-state index in [-0.39, 0.29) is 24.0 Å². The summed E-state index contributed by atoms with van der Waals surface area (Å²) >= 11 is 0. The van der Waals surface area contributed by atoms with Crippen molar-refractivity contribution in [2.24, 2.45) is 0 Å². The number of aliphatic carboxylic acids is 1. The Morgan fingerprint density at radius 2 is 1.80 bits per heavy atom. The first-order chi connectivity index (χ1) is 9.47. The predicted molar refractivity (Wildman–Crippen MR) is 78.1 cm³/mol. The van der Waals surface area contributed by atoms with Crippen LogP contribution in [0.5, 0.6) is 0 Å². The minimum Gasteiger partial charge on any atom is -0.481 e. The van der Waals surface area contributed by atoms with Crippen LogP contribution in [0.25, 0.3) is 0 Å². The van der Waals surface area contributed by atoms with Crippen LogP contribution in [-0.2, 0) is 17.9 Å². The van der Waals surface area contributed by atoms with E-state index in [4.69, 9.17) is 20.8 Å². The highest BCUT2D eigenvalue weighted by atomic mass is 16.4. The molecule has 1 heterocycles. The van der Waals surface area contributed by atoms with E-state index in [0.29, 0.717) is 30.5 Å². The maximum atomic E-state index is 11.9. The number of carboxylic acid groups (broad SMARTS) is 1. The molecule has 0 spiro atoms. The second-order valence-corrected chi connectivity index (χ2v) is 4.67. The number of pyridine rings is 1. The molecular weight excluding hydrogens is 256 g/mol. The molecule has 0 aliphatic carbocycles. The van der Waals surface area contributed by atoms with E-state index in [0.717, 1.165) is 12.8 Å². The molecule has 0 bridgehead atoms. The van der Waals surface area contributed by atoms with E-state index in [2.05, 4.69) is 0 Å². The highest BCUT2D eigenvalue weighted by Gasteiger charge is 2.08. The maximum Gasteiger partial charge on any atom is 0.303 e. The summed E-state index contributed by atoms with van der Waals surface area (Å²) in [5, 5.41) is 17.8. The molecule has 0 amide bonds. The molecule has 0 saturated heterocycles. The molecule has 20 heavy (non-hydrogen) atoms. The average molecular weight is 273 g/mol. The van der Waals surface area contributed by atoms with Crippen molar-refractivity contribution in [3.05, 3.63) is 22.1 Å². The molecule has 4 radical (unpaired) electrons. The zero-order valence-corrected chi connectivity index (χ0v) is 11.3. The quantitative estimate of drug-likeness (QED) is 0.468. The maximum absolute atomic E-state index is 11.9. The highest BCUT2D eigenvalue weighted by Crippen LogP contribution is 2.05. The van der Waals surface area contributed by atoms with Gasteiger partial charge in [0.05, 0.1) is 6.61 Å². The Morgan fingerprint density at radius 1 is 1.15 bits per heavy atom. The third-order valence-electron chi connectivity index (χ3n) is 3.13. The Morgan fingerprint density at radius 3 is 2.40 bits per heavy atom. The van der Waals surface area contributed by atoms with Gasteiger partial charge in [0.1, 0.15) is 15.7 Å². The van der Waals surface area contributed by atoms with Crippen molar-refractivity contribution in [3.8, 4) is 0 Å². The van der Waals surface area contributed by atoms with E-state index in [1.165, 1.54) is 10.6 Å². The molecule has 5 nitrogen and oxygen atoms in total. The van der Waals surface area contributed by atoms with Crippen LogP contribution >= 0.6 is 0 Å². The lowest BCUT2D eigenvalue weighted by Crippen LogP contribution is -2.41. The molecule has 1 aromatic rings. The van der Waals surface area contributed by atoms with Crippen LogP contribution in [0.4, 0.5) is 0 Å². The topological polar surface area (TPSA) is 79.5 Å². The number of nitrogens with zero attached hydrogens (tertiary/aromatic N) is 1. The van der Waals surface area contributed by atoms with Gasteiger partial charge in [-0.1, -0.05) is 24.4 Å². The smallest absolute Gasteiger partial charge is 0.303 e. The Labute approximate surface area is 120 Å². The number of aromatic nitrogens is 1. The first-order valence-corrected chi connectivity index (χ1v) is 6.57. The first kappa shape index (κ1) is 16.6. The van der Waals surface area contributed by atoms with Crippen molar-refractivity contribution in [3.63, 3.8) is 0 Å². The molecule has 1 aromatic heterocycles. The summed E-state index contributed by atoms with van der Waals surface area (Å²) in [5.74, 6) is -0.799. The van der Waals surface area contributed by atoms with Gasteiger partial charge in [0.25, 0.3) is 0 Å². The minimum absolute atomic E-state index is 0.0607. The molecule has 0 saturated carbocycles. The van der Waals surface area contributed by atoms with Crippen LogP contribution in [0.15, 0.2) is 10.9 Å². The van der Waals surface area contributed by atoms with Crippen LogP contribution in [0, 0.1) is 0 Å². The third kappa shape index (κ3) is 4.56. The molecule has 0 aromatic carbocycles. The number of aliphatic hydroxyl groups is 1. The van der Waals surface area contributed by atoms with Gasteiger partial charge in [-0.2, -0.15) is 0 Å². The van der Waals surface area contributed by atoms with Crippen LogP contribution < -0.4 is 16.5 Å². The van der Waals surface area contributed by atoms with Crippen LogP contribution in [0.1, 0.15) is 37.8 Å². The van der Waals surface area contributed by atoms with Gasteiger partial charge in [-0.25, -0.2) is 0 Å². The normalized spacial score (nSPS) is 10.7. The lowest BCUT2D eigenvalue weighted by atomic mass is 9.87. The average Bonchev–Trinajstić information content (AvgIpc) is 2.38. The molecule has 0 aliphatic rings. The van der Waals surface area contributed by atoms with E-state index in [1.54, 1.807) is 0 Å². The van der Waals surface area contributed by atoms with E-state index in [9.17, 15) is 14.7 Å². The molecule has 7 heteroatoms. The van der Waals surface area contributed by atoms with Crippen molar-refractivity contribution in [1.29, 1.82) is 0 Å². The Kier molecular flexibility index (Phi) is 6.58. The summed E-state index contributed by atoms with van der Waals surface area (Å²) in [5.41, 5.74) is 0.379. The van der Waals surface area contributed by atoms with Crippen molar-refractivity contribution < 1.29 is 15.0 Å². The summed E-state index contributed by atoms with van der Waals surface area (Å²) in [6.07, 6.45) is 3.07. The van der Waals surface area contributed by atoms with Gasteiger partial charge in [0, 0.05) is 18.7 Å². The Bertz CT molecular complexity index is 528. The molecule has 0 unspecified atom stereocenters. The number of hydrogen-bond acceptors (Lipinski definition) is 3. The summed E-state index contributed by atoms with van der Waals surface area (Å²) in [6.45, 7) is 0.0946. The standard InChI is InChI=1S/C13H17B2NO4/c14-9-7-10(15)13(20)16(11(9)8-17)6-4-2-1-3-5-12(18)19/h7,17H,1-6,8H2,(H,18,19). The van der Waals surface area contributed by atoms with Crippen LogP contribution in [0.3, 0.4) is 0 Å². The van der Waals surface area contributed by atoms with Crippen molar-refractivity contribution in [1.82, 2.24) is 4.57 Å². The van der Waals surface area contributed by atoms with Gasteiger partial charge in [-0.15, -0.1) is 0 Å². The molecule has 104 valence electrons.